The minimum absolute atomic E-state index is 0.224. The second kappa shape index (κ2) is 19.1. The van der Waals surface area contributed by atoms with E-state index in [1.54, 1.807) is 5.57 Å². The number of fused-ring (bicyclic) bond motifs is 1. The molecule has 0 aliphatic heterocycles. The van der Waals surface area contributed by atoms with Crippen molar-refractivity contribution < 1.29 is 4.79 Å². The number of unbranched alkanes of at least 4 members (excludes halogenated alkanes) is 5. The average Bonchev–Trinajstić information content (AvgIpc) is 3.27. The van der Waals surface area contributed by atoms with Gasteiger partial charge in [-0.25, -0.2) is 4.98 Å². The van der Waals surface area contributed by atoms with Gasteiger partial charge in [0, 0.05) is 38.5 Å². The van der Waals surface area contributed by atoms with Crippen LogP contribution in [0, 0.1) is 5.92 Å². The van der Waals surface area contributed by atoms with Gasteiger partial charge in [-0.2, -0.15) is 4.98 Å². The molecule has 1 heterocycles. The topological polar surface area (TPSA) is 70.2 Å². The molecule has 6 nitrogen and oxygen atoms in total. The summed E-state index contributed by atoms with van der Waals surface area (Å²) in [5, 5.41) is 7.81. The molecule has 2 aliphatic carbocycles. The van der Waals surface area contributed by atoms with Crippen molar-refractivity contribution in [2.75, 3.05) is 30.9 Å². The van der Waals surface area contributed by atoms with E-state index in [4.69, 9.17) is 9.97 Å². The van der Waals surface area contributed by atoms with Crippen LogP contribution in [0.2, 0.25) is 0 Å². The summed E-state index contributed by atoms with van der Waals surface area (Å²) in [6.07, 6.45) is 26.8. The first kappa shape index (κ1) is 33.4. The van der Waals surface area contributed by atoms with Gasteiger partial charge in [-0.1, -0.05) is 100 Å². The first-order valence-electron chi connectivity index (χ1n) is 16.5. The molecule has 2 N–H and O–H groups in total. The van der Waals surface area contributed by atoms with E-state index in [1.807, 2.05) is 37.2 Å². The lowest BCUT2D eigenvalue weighted by Gasteiger charge is -2.29. The normalized spacial score (nSPS) is 18.0. The summed E-state index contributed by atoms with van der Waals surface area (Å²) in [5.74, 6) is 2.46. The standard InChI is InChI=1S/C26H41N5O.C10H14/c1-4-5-6-7-8-9-14-24(32)27-19-20-15-17-21(18-16-20)28-26-29-23-13-11-10-12-22(23)25(30-26)31(2)3;1-2-7-10-8-5-3-4-6-9-10/h10-13,20-21H,4-9,14-19H2,1-3H3,(H,27,32)(H,28,29,30);3-6,8H,2,7,9H2,1H3. The summed E-state index contributed by atoms with van der Waals surface area (Å²) in [4.78, 5) is 23.7. The van der Waals surface area contributed by atoms with Crippen LogP contribution in [0.4, 0.5) is 11.8 Å². The lowest BCUT2D eigenvalue weighted by Crippen LogP contribution is -2.34. The number of carbonyl (C=O) groups excluding carboxylic acids is 1. The smallest absolute Gasteiger partial charge is 0.225 e. The third kappa shape index (κ3) is 12.0. The fourth-order valence-electron chi connectivity index (χ4n) is 5.70. The summed E-state index contributed by atoms with van der Waals surface area (Å²) in [6.45, 7) is 5.27. The van der Waals surface area contributed by atoms with E-state index in [0.29, 0.717) is 24.3 Å². The molecule has 0 spiro atoms. The van der Waals surface area contributed by atoms with Gasteiger partial charge in [0.1, 0.15) is 5.82 Å². The highest BCUT2D eigenvalue weighted by molar-refractivity contribution is 5.90. The Kier molecular flexibility index (Phi) is 15.2. The maximum Gasteiger partial charge on any atom is 0.225 e. The Morgan fingerprint density at radius 3 is 2.43 bits per heavy atom. The van der Waals surface area contributed by atoms with Crippen molar-refractivity contribution in [2.45, 2.75) is 110 Å². The van der Waals surface area contributed by atoms with Crippen molar-refractivity contribution in [3.63, 3.8) is 0 Å². The van der Waals surface area contributed by atoms with Crippen LogP contribution < -0.4 is 15.5 Å². The molecule has 2 aliphatic rings. The van der Waals surface area contributed by atoms with E-state index in [9.17, 15) is 4.79 Å². The fraction of sp³-hybridized carbons (Fsp3) is 0.583. The van der Waals surface area contributed by atoms with Crippen LogP contribution in [0.25, 0.3) is 10.9 Å². The summed E-state index contributed by atoms with van der Waals surface area (Å²) in [6, 6.07) is 8.55. The third-order valence-electron chi connectivity index (χ3n) is 8.17. The Morgan fingerprint density at radius 2 is 1.67 bits per heavy atom. The molecule has 0 atom stereocenters. The summed E-state index contributed by atoms with van der Waals surface area (Å²) in [5.41, 5.74) is 2.52. The highest BCUT2D eigenvalue weighted by atomic mass is 16.1. The molecule has 1 aromatic carbocycles. The molecule has 6 heteroatoms. The number of hydrogen-bond acceptors (Lipinski definition) is 5. The molecule has 2 aromatic rings. The maximum absolute atomic E-state index is 12.1. The summed E-state index contributed by atoms with van der Waals surface area (Å²) >= 11 is 0. The fourth-order valence-corrected chi connectivity index (χ4v) is 5.70. The average molecular weight is 574 g/mol. The molecule has 0 bridgehead atoms. The molecule has 0 saturated heterocycles. The van der Waals surface area contributed by atoms with Crippen molar-refractivity contribution in [3.05, 3.63) is 60.2 Å². The van der Waals surface area contributed by atoms with Crippen LogP contribution in [-0.2, 0) is 4.79 Å². The monoisotopic (exact) mass is 573 g/mol. The van der Waals surface area contributed by atoms with Gasteiger partial charge >= 0.3 is 0 Å². The van der Waals surface area contributed by atoms with Gasteiger partial charge in [0.05, 0.1) is 5.52 Å². The number of carbonyl (C=O) groups is 1. The molecule has 42 heavy (non-hydrogen) atoms. The molecule has 4 rings (SSSR count). The van der Waals surface area contributed by atoms with E-state index in [-0.39, 0.29) is 5.91 Å². The quantitative estimate of drug-likeness (QED) is 0.221. The Balaban J connectivity index is 0.000000408. The molecular weight excluding hydrogens is 518 g/mol. The second-order valence-electron chi connectivity index (χ2n) is 12.1. The van der Waals surface area contributed by atoms with Crippen molar-refractivity contribution in [3.8, 4) is 0 Å². The van der Waals surface area contributed by atoms with Gasteiger partial charge in [-0.05, 0) is 63.0 Å². The molecule has 230 valence electrons. The van der Waals surface area contributed by atoms with Gasteiger partial charge in [0.15, 0.2) is 0 Å². The zero-order valence-electron chi connectivity index (χ0n) is 26.7. The first-order valence-corrected chi connectivity index (χ1v) is 16.5. The van der Waals surface area contributed by atoms with Gasteiger partial charge < -0.3 is 15.5 Å². The predicted octanol–water partition coefficient (Wildman–Crippen LogP) is 8.76. The molecule has 0 radical (unpaired) electrons. The molecule has 1 amide bonds. The van der Waals surface area contributed by atoms with Gasteiger partial charge in [-0.3, -0.25) is 4.79 Å². The number of para-hydroxylation sites is 1. The Bertz CT molecular complexity index is 1160. The number of hydrogen-bond donors (Lipinski definition) is 2. The van der Waals surface area contributed by atoms with E-state index in [1.165, 1.54) is 44.9 Å². The highest BCUT2D eigenvalue weighted by Crippen LogP contribution is 2.28. The lowest BCUT2D eigenvalue weighted by atomic mass is 9.86. The van der Waals surface area contributed by atoms with Crippen LogP contribution in [0.15, 0.2) is 60.2 Å². The lowest BCUT2D eigenvalue weighted by molar-refractivity contribution is -0.121. The van der Waals surface area contributed by atoms with E-state index < -0.39 is 0 Å². The van der Waals surface area contributed by atoms with Crippen molar-refractivity contribution in [1.29, 1.82) is 0 Å². The zero-order chi connectivity index (χ0) is 30.0. The number of aromatic nitrogens is 2. The maximum atomic E-state index is 12.1. The van der Waals surface area contributed by atoms with Crippen LogP contribution in [0.3, 0.4) is 0 Å². The number of benzene rings is 1. The van der Waals surface area contributed by atoms with Crippen LogP contribution >= 0.6 is 0 Å². The number of amides is 1. The SMILES string of the molecule is CCCC1=CC=CC=CC1.CCCCCCCCC(=O)NCC1CCC(Nc2nc(N(C)C)c3ccccc3n2)CC1. The third-order valence-corrected chi connectivity index (χ3v) is 8.17. The summed E-state index contributed by atoms with van der Waals surface area (Å²) < 4.78 is 0. The van der Waals surface area contributed by atoms with E-state index in [0.717, 1.165) is 61.8 Å². The van der Waals surface area contributed by atoms with Crippen molar-refractivity contribution in [2.24, 2.45) is 5.92 Å². The van der Waals surface area contributed by atoms with Crippen LogP contribution in [0.5, 0.6) is 0 Å². The number of nitrogens with zero attached hydrogens (tertiary/aromatic N) is 3. The number of rotatable bonds is 14. The second-order valence-corrected chi connectivity index (χ2v) is 12.1. The zero-order valence-corrected chi connectivity index (χ0v) is 26.7. The Hall–Kier alpha value is -3.15. The predicted molar refractivity (Wildman–Crippen MR) is 180 cm³/mol. The van der Waals surface area contributed by atoms with Gasteiger partial charge in [-0.15, -0.1) is 0 Å². The largest absolute Gasteiger partial charge is 0.362 e. The first-order chi connectivity index (χ1) is 20.5. The molecule has 1 saturated carbocycles. The van der Waals surface area contributed by atoms with Crippen LogP contribution in [-0.4, -0.2) is 42.6 Å². The highest BCUT2D eigenvalue weighted by Gasteiger charge is 2.22. The van der Waals surface area contributed by atoms with Crippen molar-refractivity contribution in [1.82, 2.24) is 15.3 Å². The Morgan fingerprint density at radius 1 is 0.905 bits per heavy atom. The number of anilines is 2. The molecule has 1 fully saturated rings. The van der Waals surface area contributed by atoms with Crippen LogP contribution in [0.1, 0.15) is 104 Å². The molecule has 0 unspecified atom stereocenters. The van der Waals surface area contributed by atoms with Gasteiger partial charge in [0.2, 0.25) is 11.9 Å². The Labute approximate surface area is 255 Å². The number of allylic oxidation sites excluding steroid dienone is 6. The minimum Gasteiger partial charge on any atom is -0.362 e. The molecule has 1 aromatic heterocycles. The molecular formula is C36H55N5O. The van der Waals surface area contributed by atoms with E-state index >= 15 is 0 Å². The minimum atomic E-state index is 0.224. The van der Waals surface area contributed by atoms with E-state index in [2.05, 4.69) is 60.9 Å². The summed E-state index contributed by atoms with van der Waals surface area (Å²) in [7, 11) is 4.04. The number of nitrogens with one attached hydrogen (secondary N) is 2. The van der Waals surface area contributed by atoms with Gasteiger partial charge in [0.25, 0.3) is 0 Å². The van der Waals surface area contributed by atoms with Crippen molar-refractivity contribution >= 4 is 28.6 Å².